The van der Waals surface area contributed by atoms with Gasteiger partial charge in [-0.15, -0.1) is 0 Å². The molecule has 0 fully saturated rings. The molecule has 1 unspecified atom stereocenters. The number of carbonyl (C=O) groups is 1. The number of rotatable bonds is 5. The molecule has 0 saturated carbocycles. The number of nitrogens with zero attached hydrogens (tertiary/aromatic N) is 1. The van der Waals surface area contributed by atoms with Crippen LogP contribution in [0, 0.1) is 0 Å². The molecule has 0 aliphatic heterocycles. The van der Waals surface area contributed by atoms with Crippen LogP contribution in [0.1, 0.15) is 13.3 Å². The molecule has 22 heavy (non-hydrogen) atoms. The number of fused-ring (bicyclic) bond motifs is 1. The second-order valence-electron chi connectivity index (χ2n) is 4.87. The molecule has 0 bridgehead atoms. The average Bonchev–Trinajstić information content (AvgIpc) is 2.96. The first-order valence-corrected chi connectivity index (χ1v) is 7.03. The number of ether oxygens (including phenoxy) is 1. The first-order valence-electron chi connectivity index (χ1n) is 7.03. The van der Waals surface area contributed by atoms with Gasteiger partial charge in [0.1, 0.15) is 11.3 Å². The fourth-order valence-corrected chi connectivity index (χ4v) is 2.16. The minimum absolute atomic E-state index is 0.388. The molecule has 0 spiro atoms. The zero-order chi connectivity index (χ0) is 15.5. The maximum absolute atomic E-state index is 11.0. The Hall–Kier alpha value is -2.82. The van der Waals surface area contributed by atoms with Crippen LogP contribution in [0.3, 0.4) is 0 Å². The van der Waals surface area contributed by atoms with Gasteiger partial charge in [-0.3, -0.25) is 0 Å². The van der Waals surface area contributed by atoms with Gasteiger partial charge < -0.3 is 14.3 Å². The zero-order valence-electron chi connectivity index (χ0n) is 12.0. The number of hydrogen-bond acceptors (Lipinski definition) is 4. The number of aromatic nitrogens is 1. The normalized spacial score (nSPS) is 12.2. The van der Waals surface area contributed by atoms with E-state index in [1.807, 2.05) is 30.3 Å². The van der Waals surface area contributed by atoms with E-state index in [1.54, 1.807) is 25.1 Å². The number of benzene rings is 2. The lowest BCUT2D eigenvalue weighted by molar-refractivity contribution is -0.145. The van der Waals surface area contributed by atoms with E-state index >= 15 is 0 Å². The Morgan fingerprint density at radius 3 is 2.73 bits per heavy atom. The molecule has 0 radical (unpaired) electrons. The smallest absolute Gasteiger partial charge is 0.344 e. The summed E-state index contributed by atoms with van der Waals surface area (Å²) in [5.41, 5.74) is 2.16. The molecular formula is C17H15NO4. The predicted octanol–water partition coefficient (Wildman–Crippen LogP) is 3.74. The molecule has 1 aromatic heterocycles. The fourth-order valence-electron chi connectivity index (χ4n) is 2.16. The Kier molecular flexibility index (Phi) is 3.78. The highest BCUT2D eigenvalue weighted by molar-refractivity contribution is 5.78. The maximum atomic E-state index is 11.0. The minimum atomic E-state index is -0.981. The monoisotopic (exact) mass is 297 g/mol. The third-order valence-electron chi connectivity index (χ3n) is 3.31. The molecule has 112 valence electrons. The highest BCUT2D eigenvalue weighted by Gasteiger charge is 2.17. The first-order chi connectivity index (χ1) is 10.7. The van der Waals surface area contributed by atoms with Gasteiger partial charge in [-0.05, 0) is 30.7 Å². The molecular weight excluding hydrogens is 282 g/mol. The summed E-state index contributed by atoms with van der Waals surface area (Å²) < 4.78 is 11.2. The third kappa shape index (κ3) is 2.79. The molecule has 3 rings (SSSR count). The van der Waals surface area contributed by atoms with Gasteiger partial charge in [0.15, 0.2) is 11.7 Å². The SMILES string of the molecule is CCC(Oc1ccc2nc(-c3ccccc3)oc2c1)C(=O)O. The Morgan fingerprint density at radius 1 is 1.27 bits per heavy atom. The molecule has 1 N–H and O–H groups in total. The lowest BCUT2D eigenvalue weighted by Crippen LogP contribution is -2.25. The Morgan fingerprint density at radius 2 is 2.05 bits per heavy atom. The van der Waals surface area contributed by atoms with Crippen LogP contribution < -0.4 is 4.74 Å². The molecule has 3 aromatic rings. The van der Waals surface area contributed by atoms with Gasteiger partial charge in [-0.25, -0.2) is 9.78 Å². The van der Waals surface area contributed by atoms with Crippen LogP contribution in [0.25, 0.3) is 22.6 Å². The van der Waals surface area contributed by atoms with E-state index in [0.717, 1.165) is 5.56 Å². The van der Waals surface area contributed by atoms with Crippen LogP contribution in [0.4, 0.5) is 0 Å². The van der Waals surface area contributed by atoms with Gasteiger partial charge in [-0.1, -0.05) is 25.1 Å². The van der Waals surface area contributed by atoms with Crippen LogP contribution >= 0.6 is 0 Å². The predicted molar refractivity (Wildman–Crippen MR) is 81.8 cm³/mol. The van der Waals surface area contributed by atoms with Crippen molar-refractivity contribution in [3.8, 4) is 17.2 Å². The molecule has 1 heterocycles. The zero-order valence-corrected chi connectivity index (χ0v) is 12.0. The molecule has 0 aliphatic carbocycles. The maximum Gasteiger partial charge on any atom is 0.344 e. The van der Waals surface area contributed by atoms with Gasteiger partial charge in [-0.2, -0.15) is 0 Å². The fraction of sp³-hybridized carbons (Fsp3) is 0.176. The Bertz CT molecular complexity index is 795. The van der Waals surface area contributed by atoms with Crippen molar-refractivity contribution in [2.45, 2.75) is 19.4 Å². The van der Waals surface area contributed by atoms with Crippen LogP contribution in [0.2, 0.25) is 0 Å². The molecule has 5 heteroatoms. The quantitative estimate of drug-likeness (QED) is 0.776. The van der Waals surface area contributed by atoms with Crippen LogP contribution in [-0.2, 0) is 4.79 Å². The Labute approximate surface area is 127 Å². The summed E-state index contributed by atoms with van der Waals surface area (Å²) >= 11 is 0. The standard InChI is InChI=1S/C17H15NO4/c1-2-14(17(19)20)21-12-8-9-13-15(10-12)22-16(18-13)11-6-4-3-5-7-11/h3-10,14H,2H2,1H3,(H,19,20). The van der Waals surface area contributed by atoms with Crippen molar-refractivity contribution in [2.24, 2.45) is 0 Å². The molecule has 0 saturated heterocycles. The summed E-state index contributed by atoms with van der Waals surface area (Å²) in [6, 6.07) is 14.7. The van der Waals surface area contributed by atoms with Crippen molar-refractivity contribution < 1.29 is 19.1 Å². The topological polar surface area (TPSA) is 72.6 Å². The second-order valence-corrected chi connectivity index (χ2v) is 4.87. The summed E-state index contributed by atoms with van der Waals surface area (Å²) in [5, 5.41) is 9.04. The van der Waals surface area contributed by atoms with E-state index in [1.165, 1.54) is 0 Å². The highest BCUT2D eigenvalue weighted by Crippen LogP contribution is 2.27. The molecule has 0 amide bonds. The lowest BCUT2D eigenvalue weighted by Gasteiger charge is -2.12. The van der Waals surface area contributed by atoms with Gasteiger partial charge in [0.25, 0.3) is 0 Å². The average molecular weight is 297 g/mol. The molecule has 2 aromatic carbocycles. The summed E-state index contributed by atoms with van der Waals surface area (Å²) in [5.74, 6) is 0.000629. The van der Waals surface area contributed by atoms with E-state index in [4.69, 9.17) is 14.3 Å². The van der Waals surface area contributed by atoms with Gasteiger partial charge in [0.2, 0.25) is 5.89 Å². The van der Waals surface area contributed by atoms with Crippen molar-refractivity contribution in [2.75, 3.05) is 0 Å². The van der Waals surface area contributed by atoms with E-state index in [-0.39, 0.29) is 0 Å². The number of carboxylic acid groups (broad SMARTS) is 1. The molecule has 1 atom stereocenters. The van der Waals surface area contributed by atoms with Crippen molar-refractivity contribution in [1.29, 1.82) is 0 Å². The number of carboxylic acids is 1. The van der Waals surface area contributed by atoms with E-state index < -0.39 is 12.1 Å². The summed E-state index contributed by atoms with van der Waals surface area (Å²) in [6.45, 7) is 1.76. The molecule has 0 aliphatic rings. The first kappa shape index (κ1) is 14.1. The van der Waals surface area contributed by atoms with E-state index in [2.05, 4.69) is 4.98 Å². The van der Waals surface area contributed by atoms with Crippen LogP contribution in [0.5, 0.6) is 5.75 Å². The van der Waals surface area contributed by atoms with Crippen LogP contribution in [0.15, 0.2) is 52.9 Å². The summed E-state index contributed by atoms with van der Waals surface area (Å²) in [6.07, 6.45) is -0.479. The van der Waals surface area contributed by atoms with Gasteiger partial charge >= 0.3 is 5.97 Å². The number of hydrogen-bond donors (Lipinski definition) is 1. The largest absolute Gasteiger partial charge is 0.479 e. The van der Waals surface area contributed by atoms with E-state index in [9.17, 15) is 4.79 Å². The van der Waals surface area contributed by atoms with Crippen molar-refractivity contribution in [3.05, 3.63) is 48.5 Å². The van der Waals surface area contributed by atoms with Gasteiger partial charge in [0.05, 0.1) is 0 Å². The van der Waals surface area contributed by atoms with Crippen molar-refractivity contribution in [3.63, 3.8) is 0 Å². The third-order valence-corrected chi connectivity index (χ3v) is 3.31. The Balaban J connectivity index is 1.92. The van der Waals surface area contributed by atoms with E-state index in [0.29, 0.717) is 29.2 Å². The summed E-state index contributed by atoms with van der Waals surface area (Å²) in [7, 11) is 0. The van der Waals surface area contributed by atoms with Crippen molar-refractivity contribution in [1.82, 2.24) is 4.98 Å². The summed E-state index contributed by atoms with van der Waals surface area (Å²) in [4.78, 5) is 15.4. The number of aliphatic carboxylic acids is 1. The highest BCUT2D eigenvalue weighted by atomic mass is 16.5. The molecule has 5 nitrogen and oxygen atoms in total. The van der Waals surface area contributed by atoms with Crippen molar-refractivity contribution >= 4 is 17.1 Å². The van der Waals surface area contributed by atoms with Crippen LogP contribution in [-0.4, -0.2) is 22.2 Å². The second kappa shape index (κ2) is 5.89. The minimum Gasteiger partial charge on any atom is -0.479 e. The number of oxazole rings is 1. The lowest BCUT2D eigenvalue weighted by atomic mass is 10.2. The van der Waals surface area contributed by atoms with Gasteiger partial charge in [0, 0.05) is 11.6 Å².